The maximum absolute atomic E-state index is 6.23. The molecule has 0 heterocycles. The maximum atomic E-state index is 6.23. The molecule has 0 aromatic rings. The van der Waals surface area contributed by atoms with Crippen LogP contribution in [0.1, 0.15) is 44.9 Å². The Morgan fingerprint density at radius 3 is 2.64 bits per heavy atom. The Hall–Kier alpha value is -0.340. The third kappa shape index (κ3) is 4.25. The zero-order valence-corrected chi connectivity index (χ0v) is 9.13. The summed E-state index contributed by atoms with van der Waals surface area (Å²) in [5.41, 5.74) is 6.21. The third-order valence-corrected chi connectivity index (χ3v) is 2.94. The Bertz CT molecular complexity index is 162. The summed E-state index contributed by atoms with van der Waals surface area (Å²) in [7, 11) is 0. The summed E-state index contributed by atoms with van der Waals surface area (Å²) in [5.74, 6) is 0. The summed E-state index contributed by atoms with van der Waals surface area (Å²) in [6, 6.07) is 0. The zero-order valence-electron chi connectivity index (χ0n) is 9.13. The van der Waals surface area contributed by atoms with E-state index in [0.717, 1.165) is 38.9 Å². The highest BCUT2D eigenvalue weighted by Gasteiger charge is 2.27. The van der Waals surface area contributed by atoms with Gasteiger partial charge >= 0.3 is 0 Å². The quantitative estimate of drug-likeness (QED) is 0.525. The number of rotatable bonds is 6. The average molecular weight is 197 g/mol. The van der Waals surface area contributed by atoms with Gasteiger partial charge in [0, 0.05) is 12.1 Å². The van der Waals surface area contributed by atoms with Gasteiger partial charge in [0.05, 0.1) is 6.61 Å². The van der Waals surface area contributed by atoms with Gasteiger partial charge in [-0.05, 0) is 25.7 Å². The molecule has 14 heavy (non-hydrogen) atoms. The van der Waals surface area contributed by atoms with Crippen LogP contribution >= 0.6 is 0 Å². The monoisotopic (exact) mass is 197 g/mol. The summed E-state index contributed by atoms with van der Waals surface area (Å²) < 4.78 is 5.61. The van der Waals surface area contributed by atoms with Crippen LogP contribution in [0.5, 0.6) is 0 Å². The molecule has 1 rings (SSSR count). The SMILES string of the molecule is C=CCCCOCC1(N)CCCCC1. The second-order valence-electron chi connectivity index (χ2n) is 4.41. The summed E-state index contributed by atoms with van der Waals surface area (Å²) in [5, 5.41) is 0. The van der Waals surface area contributed by atoms with Crippen LogP contribution in [0, 0.1) is 0 Å². The molecule has 0 aromatic heterocycles. The maximum Gasteiger partial charge on any atom is 0.0646 e. The van der Waals surface area contributed by atoms with Crippen LogP contribution < -0.4 is 5.73 Å². The minimum absolute atomic E-state index is 0.0214. The number of hydrogen-bond donors (Lipinski definition) is 1. The van der Waals surface area contributed by atoms with Crippen molar-refractivity contribution in [2.45, 2.75) is 50.5 Å². The van der Waals surface area contributed by atoms with Gasteiger partial charge in [-0.1, -0.05) is 25.3 Å². The number of ether oxygens (including phenoxy) is 1. The van der Waals surface area contributed by atoms with E-state index in [-0.39, 0.29) is 5.54 Å². The van der Waals surface area contributed by atoms with E-state index in [1.54, 1.807) is 0 Å². The van der Waals surface area contributed by atoms with Crippen molar-refractivity contribution in [3.8, 4) is 0 Å². The molecule has 0 spiro atoms. The van der Waals surface area contributed by atoms with Gasteiger partial charge in [0.1, 0.15) is 0 Å². The lowest BCUT2D eigenvalue weighted by Crippen LogP contribution is -2.46. The normalized spacial score (nSPS) is 20.6. The van der Waals surface area contributed by atoms with Gasteiger partial charge in [0.15, 0.2) is 0 Å². The van der Waals surface area contributed by atoms with Crippen molar-refractivity contribution in [1.29, 1.82) is 0 Å². The lowest BCUT2D eigenvalue weighted by molar-refractivity contribution is 0.0669. The van der Waals surface area contributed by atoms with Crippen LogP contribution in [-0.4, -0.2) is 18.8 Å². The largest absolute Gasteiger partial charge is 0.380 e. The van der Waals surface area contributed by atoms with E-state index >= 15 is 0 Å². The van der Waals surface area contributed by atoms with E-state index in [2.05, 4.69) is 6.58 Å². The predicted molar refractivity (Wildman–Crippen MR) is 60.3 cm³/mol. The third-order valence-electron chi connectivity index (χ3n) is 2.94. The molecule has 0 unspecified atom stereocenters. The van der Waals surface area contributed by atoms with E-state index in [0.29, 0.717) is 0 Å². The van der Waals surface area contributed by atoms with E-state index in [4.69, 9.17) is 10.5 Å². The van der Waals surface area contributed by atoms with Gasteiger partial charge in [-0.3, -0.25) is 0 Å². The van der Waals surface area contributed by atoms with Gasteiger partial charge in [-0.25, -0.2) is 0 Å². The fraction of sp³-hybridized carbons (Fsp3) is 0.833. The molecule has 0 aromatic carbocycles. The fourth-order valence-corrected chi connectivity index (χ4v) is 2.01. The number of allylic oxidation sites excluding steroid dienone is 1. The Kier molecular flexibility index (Phi) is 5.20. The molecule has 2 heteroatoms. The van der Waals surface area contributed by atoms with Gasteiger partial charge in [-0.15, -0.1) is 6.58 Å². The highest BCUT2D eigenvalue weighted by molar-refractivity contribution is 4.86. The Balaban J connectivity index is 2.06. The van der Waals surface area contributed by atoms with Crippen LogP contribution in [0.15, 0.2) is 12.7 Å². The summed E-state index contributed by atoms with van der Waals surface area (Å²) >= 11 is 0. The van der Waals surface area contributed by atoms with Crippen LogP contribution in [0.3, 0.4) is 0 Å². The Morgan fingerprint density at radius 2 is 2.00 bits per heavy atom. The van der Waals surface area contributed by atoms with Crippen molar-refractivity contribution in [2.24, 2.45) is 5.73 Å². The number of nitrogens with two attached hydrogens (primary N) is 1. The average Bonchev–Trinajstić information content (AvgIpc) is 2.18. The summed E-state index contributed by atoms with van der Waals surface area (Å²) in [6.07, 6.45) is 10.2. The van der Waals surface area contributed by atoms with Crippen LogP contribution in [0.4, 0.5) is 0 Å². The first-order valence-corrected chi connectivity index (χ1v) is 5.74. The minimum atomic E-state index is -0.0214. The lowest BCUT2D eigenvalue weighted by Gasteiger charge is -2.33. The van der Waals surface area contributed by atoms with Gasteiger partial charge in [0.2, 0.25) is 0 Å². The van der Waals surface area contributed by atoms with Crippen molar-refractivity contribution < 1.29 is 4.74 Å². The molecule has 2 N–H and O–H groups in total. The molecule has 1 saturated carbocycles. The summed E-state index contributed by atoms with van der Waals surface area (Å²) in [6.45, 7) is 5.25. The molecule has 1 fully saturated rings. The number of hydrogen-bond acceptors (Lipinski definition) is 2. The first-order chi connectivity index (χ1) is 6.77. The number of unbranched alkanes of at least 4 members (excludes halogenated alkanes) is 1. The smallest absolute Gasteiger partial charge is 0.0646 e. The van der Waals surface area contributed by atoms with E-state index in [1.165, 1.54) is 19.3 Å². The molecule has 0 aliphatic heterocycles. The molecule has 1 aliphatic carbocycles. The molecule has 0 amide bonds. The van der Waals surface area contributed by atoms with Crippen molar-refractivity contribution in [3.05, 3.63) is 12.7 Å². The molecule has 0 saturated heterocycles. The molecular formula is C12H23NO. The standard InChI is InChI=1S/C12H23NO/c1-2-3-7-10-14-11-12(13)8-5-4-6-9-12/h2H,1,3-11,13H2. The predicted octanol–water partition coefficient (Wildman–Crippen LogP) is 2.63. The first-order valence-electron chi connectivity index (χ1n) is 5.74. The van der Waals surface area contributed by atoms with Crippen molar-refractivity contribution in [2.75, 3.05) is 13.2 Å². The molecule has 2 nitrogen and oxygen atoms in total. The van der Waals surface area contributed by atoms with Crippen molar-refractivity contribution >= 4 is 0 Å². The van der Waals surface area contributed by atoms with Crippen molar-refractivity contribution in [3.63, 3.8) is 0 Å². The molecule has 0 bridgehead atoms. The molecule has 82 valence electrons. The Morgan fingerprint density at radius 1 is 1.29 bits per heavy atom. The second-order valence-corrected chi connectivity index (χ2v) is 4.41. The fourth-order valence-electron chi connectivity index (χ4n) is 2.01. The van der Waals surface area contributed by atoms with Crippen LogP contribution in [0.2, 0.25) is 0 Å². The molecule has 0 atom stereocenters. The molecular weight excluding hydrogens is 174 g/mol. The van der Waals surface area contributed by atoms with Gasteiger partial charge < -0.3 is 10.5 Å². The van der Waals surface area contributed by atoms with Crippen LogP contribution in [-0.2, 0) is 4.74 Å². The van der Waals surface area contributed by atoms with Crippen LogP contribution in [0.25, 0.3) is 0 Å². The molecule has 1 aliphatic rings. The van der Waals surface area contributed by atoms with Crippen molar-refractivity contribution in [1.82, 2.24) is 0 Å². The van der Waals surface area contributed by atoms with Gasteiger partial charge in [0.25, 0.3) is 0 Å². The molecule has 0 radical (unpaired) electrons. The highest BCUT2D eigenvalue weighted by Crippen LogP contribution is 2.25. The highest BCUT2D eigenvalue weighted by atomic mass is 16.5. The minimum Gasteiger partial charge on any atom is -0.380 e. The first kappa shape index (κ1) is 11.7. The van der Waals surface area contributed by atoms with E-state index in [9.17, 15) is 0 Å². The van der Waals surface area contributed by atoms with E-state index < -0.39 is 0 Å². The summed E-state index contributed by atoms with van der Waals surface area (Å²) in [4.78, 5) is 0. The van der Waals surface area contributed by atoms with E-state index in [1.807, 2.05) is 6.08 Å². The lowest BCUT2D eigenvalue weighted by atomic mass is 9.83. The topological polar surface area (TPSA) is 35.2 Å². The second kappa shape index (κ2) is 6.20. The Labute approximate surface area is 87.5 Å². The van der Waals surface area contributed by atoms with Gasteiger partial charge in [-0.2, -0.15) is 0 Å². The zero-order chi connectivity index (χ0) is 10.3.